The zero-order valence-electron chi connectivity index (χ0n) is 22.6. The number of nitrogens with one attached hydrogen (secondary N) is 2. The quantitative estimate of drug-likeness (QED) is 0.195. The Morgan fingerprint density at radius 1 is 1.07 bits per heavy atom. The maximum Gasteiger partial charge on any atom is 0.246 e. The van der Waals surface area contributed by atoms with Crippen LogP contribution in [0.2, 0.25) is 5.02 Å². The standard InChI is InChI=1S/C31H23ClFN7O2S/c32-24-12-20(6-9-26(24)42-16-18-3-1-4-19(33)11-18)39-30-28-22-7-8-25-23(29(22)43-31(28)36-17-35-30)14-37-40(25)15-27(41)38-21-5-2-10-34-13-21/h1-6,9-14,17H,7-8,15-16H2,(H,38,41)(H,35,36,39). The van der Waals surface area contributed by atoms with Crippen LogP contribution in [0.15, 0.2) is 79.5 Å². The van der Waals surface area contributed by atoms with Gasteiger partial charge in [0.1, 0.15) is 41.7 Å². The fraction of sp³-hybridized carbons (Fsp3) is 0.129. The third kappa shape index (κ3) is 5.52. The highest BCUT2D eigenvalue weighted by Crippen LogP contribution is 2.45. The van der Waals surface area contributed by atoms with Gasteiger partial charge in [0, 0.05) is 28.0 Å². The van der Waals surface area contributed by atoms with Gasteiger partial charge in [-0.05, 0) is 66.4 Å². The minimum Gasteiger partial charge on any atom is -0.487 e. The second kappa shape index (κ2) is 11.4. The predicted molar refractivity (Wildman–Crippen MR) is 164 cm³/mol. The Morgan fingerprint density at radius 2 is 2.00 bits per heavy atom. The van der Waals surface area contributed by atoms with Crippen molar-refractivity contribution in [1.82, 2.24) is 24.7 Å². The Labute approximate surface area is 254 Å². The van der Waals surface area contributed by atoms with Gasteiger partial charge >= 0.3 is 0 Å². The summed E-state index contributed by atoms with van der Waals surface area (Å²) >= 11 is 8.12. The molecule has 43 heavy (non-hydrogen) atoms. The fourth-order valence-corrected chi connectivity index (χ4v) is 6.64. The van der Waals surface area contributed by atoms with Gasteiger partial charge in [-0.15, -0.1) is 11.3 Å². The summed E-state index contributed by atoms with van der Waals surface area (Å²) in [5.74, 6) is 0.699. The molecule has 0 radical (unpaired) electrons. The number of hydrogen-bond donors (Lipinski definition) is 2. The molecule has 0 atom stereocenters. The van der Waals surface area contributed by atoms with Crippen molar-refractivity contribution in [3.8, 4) is 16.2 Å². The van der Waals surface area contributed by atoms with Crippen molar-refractivity contribution in [2.75, 3.05) is 10.6 Å². The second-order valence-corrected chi connectivity index (χ2v) is 11.4. The molecule has 214 valence electrons. The van der Waals surface area contributed by atoms with Gasteiger partial charge in [0.2, 0.25) is 5.91 Å². The van der Waals surface area contributed by atoms with Crippen LogP contribution in [-0.4, -0.2) is 30.6 Å². The summed E-state index contributed by atoms with van der Waals surface area (Å²) in [6.07, 6.45) is 8.12. The summed E-state index contributed by atoms with van der Waals surface area (Å²) in [5.41, 5.74) is 5.27. The van der Waals surface area contributed by atoms with Crippen molar-refractivity contribution in [1.29, 1.82) is 0 Å². The first-order valence-corrected chi connectivity index (χ1v) is 14.7. The summed E-state index contributed by atoms with van der Waals surface area (Å²) in [6.45, 7) is 0.311. The van der Waals surface area contributed by atoms with Crippen molar-refractivity contribution in [3.63, 3.8) is 0 Å². The highest BCUT2D eigenvalue weighted by Gasteiger charge is 2.27. The number of halogens is 2. The molecule has 0 saturated heterocycles. The lowest BCUT2D eigenvalue weighted by Crippen LogP contribution is -2.21. The number of aromatic nitrogens is 5. The van der Waals surface area contributed by atoms with Crippen LogP contribution in [0, 0.1) is 5.82 Å². The first-order chi connectivity index (χ1) is 21.0. The summed E-state index contributed by atoms with van der Waals surface area (Å²) in [4.78, 5) is 27.8. The van der Waals surface area contributed by atoms with Crippen molar-refractivity contribution < 1.29 is 13.9 Å². The van der Waals surface area contributed by atoms with Gasteiger partial charge in [0.25, 0.3) is 0 Å². The molecule has 1 amide bonds. The van der Waals surface area contributed by atoms with E-state index in [0.29, 0.717) is 27.8 Å². The van der Waals surface area contributed by atoms with Crippen LogP contribution in [0.5, 0.6) is 5.75 Å². The maximum atomic E-state index is 13.5. The van der Waals surface area contributed by atoms with E-state index in [2.05, 4.69) is 30.7 Å². The van der Waals surface area contributed by atoms with Crippen LogP contribution in [0.1, 0.15) is 16.8 Å². The SMILES string of the molecule is O=C(Cn1ncc2c1CCc1c-2sc2ncnc(Nc3ccc(OCc4cccc(F)c4)c(Cl)c3)c12)Nc1cccnc1. The number of anilines is 3. The summed E-state index contributed by atoms with van der Waals surface area (Å²) in [7, 11) is 0. The molecule has 1 aliphatic rings. The Kier molecular flexibility index (Phi) is 7.17. The highest BCUT2D eigenvalue weighted by atomic mass is 35.5. The van der Waals surface area contributed by atoms with Crippen LogP contribution >= 0.6 is 22.9 Å². The second-order valence-electron chi connectivity index (χ2n) is 9.95. The molecule has 9 nitrogen and oxygen atoms in total. The van der Waals surface area contributed by atoms with E-state index < -0.39 is 0 Å². The Bertz CT molecular complexity index is 1980. The van der Waals surface area contributed by atoms with Crippen molar-refractivity contribution in [3.05, 3.63) is 107 Å². The molecule has 4 heterocycles. The third-order valence-electron chi connectivity index (χ3n) is 7.11. The van der Waals surface area contributed by atoms with Gasteiger partial charge in [-0.25, -0.2) is 14.4 Å². The molecule has 7 rings (SSSR count). The number of carbonyl (C=O) groups is 1. The number of pyridine rings is 1. The van der Waals surface area contributed by atoms with Crippen LogP contribution in [0.4, 0.5) is 21.6 Å². The van der Waals surface area contributed by atoms with Crippen LogP contribution in [-0.2, 0) is 30.8 Å². The Morgan fingerprint density at radius 3 is 2.84 bits per heavy atom. The van der Waals surface area contributed by atoms with E-state index in [1.807, 2.05) is 12.3 Å². The normalized spacial score (nSPS) is 12.0. The van der Waals surface area contributed by atoms with E-state index >= 15 is 0 Å². The van der Waals surface area contributed by atoms with Crippen LogP contribution in [0.25, 0.3) is 20.7 Å². The molecule has 1 aliphatic carbocycles. The van der Waals surface area contributed by atoms with Crippen LogP contribution in [0.3, 0.4) is 0 Å². The molecule has 4 aromatic heterocycles. The van der Waals surface area contributed by atoms with Crippen molar-refractivity contribution in [2.45, 2.75) is 26.0 Å². The fourth-order valence-electron chi connectivity index (χ4n) is 5.18. The van der Waals surface area contributed by atoms with E-state index in [-0.39, 0.29) is 24.9 Å². The molecule has 0 bridgehead atoms. The topological polar surface area (TPSA) is 107 Å². The molecule has 0 unspecified atom stereocenters. The number of nitrogens with zero attached hydrogens (tertiary/aromatic N) is 5. The van der Waals surface area contributed by atoms with Crippen LogP contribution < -0.4 is 15.4 Å². The molecular formula is C31H23ClFN7O2S. The van der Waals surface area contributed by atoms with Crippen molar-refractivity contribution >= 4 is 56.3 Å². The van der Waals surface area contributed by atoms with E-state index in [9.17, 15) is 9.18 Å². The first-order valence-electron chi connectivity index (χ1n) is 13.5. The number of rotatable bonds is 8. The third-order valence-corrected chi connectivity index (χ3v) is 8.58. The van der Waals surface area contributed by atoms with E-state index in [0.717, 1.165) is 50.4 Å². The smallest absolute Gasteiger partial charge is 0.246 e. The number of benzene rings is 2. The molecule has 6 aromatic rings. The van der Waals surface area contributed by atoms with E-state index in [1.54, 1.807) is 64.8 Å². The summed E-state index contributed by atoms with van der Waals surface area (Å²) in [5, 5.41) is 12.2. The lowest BCUT2D eigenvalue weighted by molar-refractivity contribution is -0.116. The largest absolute Gasteiger partial charge is 0.487 e. The van der Waals surface area contributed by atoms with Gasteiger partial charge in [-0.2, -0.15) is 5.10 Å². The lowest BCUT2D eigenvalue weighted by Gasteiger charge is -2.16. The van der Waals surface area contributed by atoms with Gasteiger partial charge in [-0.1, -0.05) is 23.7 Å². The van der Waals surface area contributed by atoms with Gasteiger partial charge in [0.05, 0.1) is 28.5 Å². The number of amides is 1. The van der Waals surface area contributed by atoms with E-state index in [1.165, 1.54) is 18.5 Å². The predicted octanol–water partition coefficient (Wildman–Crippen LogP) is 6.80. The molecule has 0 aliphatic heterocycles. The zero-order chi connectivity index (χ0) is 29.3. The molecule has 2 N–H and O–H groups in total. The molecule has 0 spiro atoms. The monoisotopic (exact) mass is 611 g/mol. The molecule has 2 aromatic carbocycles. The van der Waals surface area contributed by atoms with Gasteiger partial charge in [0.15, 0.2) is 0 Å². The Balaban J connectivity index is 1.11. The lowest BCUT2D eigenvalue weighted by atomic mass is 9.95. The van der Waals surface area contributed by atoms with Crippen molar-refractivity contribution in [2.24, 2.45) is 0 Å². The van der Waals surface area contributed by atoms with E-state index in [4.69, 9.17) is 16.3 Å². The summed E-state index contributed by atoms with van der Waals surface area (Å²) < 4.78 is 21.1. The zero-order valence-corrected chi connectivity index (χ0v) is 24.1. The number of aryl methyl sites for hydroxylation is 1. The van der Waals surface area contributed by atoms with Gasteiger partial charge < -0.3 is 15.4 Å². The molecular weight excluding hydrogens is 589 g/mol. The number of hydrogen-bond acceptors (Lipinski definition) is 8. The number of carbonyl (C=O) groups excluding carboxylic acids is 1. The maximum absolute atomic E-state index is 13.5. The minimum atomic E-state index is -0.312. The average Bonchev–Trinajstić information content (AvgIpc) is 3.59. The molecule has 0 saturated carbocycles. The summed E-state index contributed by atoms with van der Waals surface area (Å²) in [6, 6.07) is 15.2. The molecule has 12 heteroatoms. The first kappa shape index (κ1) is 27.0. The average molecular weight is 612 g/mol. The number of fused-ring (bicyclic) bond motifs is 5. The minimum absolute atomic E-state index is 0.111. The van der Waals surface area contributed by atoms with Gasteiger partial charge in [-0.3, -0.25) is 14.5 Å². The highest BCUT2D eigenvalue weighted by molar-refractivity contribution is 7.22. The Hall–Kier alpha value is -4.87. The number of thiophene rings is 1. The molecule has 0 fully saturated rings. The number of ether oxygens (including phenoxy) is 1.